The van der Waals surface area contributed by atoms with Crippen molar-refractivity contribution in [1.29, 1.82) is 0 Å². The van der Waals surface area contributed by atoms with Crippen LogP contribution in [0, 0.1) is 0 Å². The van der Waals surface area contributed by atoms with Gasteiger partial charge in [-0.2, -0.15) is 15.0 Å². The molecule has 0 aliphatic carbocycles. The summed E-state index contributed by atoms with van der Waals surface area (Å²) >= 11 is 11.7. The maximum atomic E-state index is 12.2. The van der Waals surface area contributed by atoms with Gasteiger partial charge < -0.3 is 25.1 Å². The Morgan fingerprint density at radius 3 is 2.42 bits per heavy atom. The second kappa shape index (κ2) is 10.3. The molecule has 3 aromatic carbocycles. The average Bonchev–Trinajstić information content (AvgIpc) is 2.86. The summed E-state index contributed by atoms with van der Waals surface area (Å²) in [5.41, 5.74) is 6.75. The summed E-state index contributed by atoms with van der Waals surface area (Å²) in [6.45, 7) is -0.286. The largest absolute Gasteiger partial charge is 1.00 e. The first-order valence-electron chi connectivity index (χ1n) is 9.65. The number of nitrogens with two attached hydrogens (primary N) is 1. The number of aromatic nitrogens is 3. The van der Waals surface area contributed by atoms with Crippen molar-refractivity contribution in [3.8, 4) is 11.5 Å². The molecular weight excluding hydrogens is 544 g/mol. The van der Waals surface area contributed by atoms with E-state index in [0.29, 0.717) is 11.4 Å². The quantitative estimate of drug-likeness (QED) is 0.215. The van der Waals surface area contributed by atoms with Crippen LogP contribution < -0.4 is 50.1 Å². The summed E-state index contributed by atoms with van der Waals surface area (Å²) in [6.07, 6.45) is 0. The molecular formula is C20H12Cl2N7NaO5S. The van der Waals surface area contributed by atoms with Gasteiger partial charge in [0, 0.05) is 11.1 Å². The number of ether oxygens (including phenoxy) is 2. The van der Waals surface area contributed by atoms with E-state index in [9.17, 15) is 13.0 Å². The maximum Gasteiger partial charge on any atom is 1.00 e. The number of nitrogen functional groups attached to an aromatic ring is 1. The van der Waals surface area contributed by atoms with E-state index in [1.54, 1.807) is 18.2 Å². The molecule has 1 aliphatic rings. The normalized spacial score (nSPS) is 12.6. The van der Waals surface area contributed by atoms with Crippen molar-refractivity contribution >= 4 is 72.8 Å². The second-order valence-electron chi connectivity index (χ2n) is 7.06. The first-order chi connectivity index (χ1) is 16.7. The van der Waals surface area contributed by atoms with E-state index in [4.69, 9.17) is 38.4 Å². The Balaban J connectivity index is 0.00000304. The van der Waals surface area contributed by atoms with Crippen molar-refractivity contribution in [3.63, 3.8) is 0 Å². The van der Waals surface area contributed by atoms with Crippen LogP contribution in [-0.4, -0.2) is 34.7 Å². The van der Waals surface area contributed by atoms with E-state index in [1.165, 1.54) is 18.2 Å². The average molecular weight is 556 g/mol. The van der Waals surface area contributed by atoms with Crippen molar-refractivity contribution in [2.24, 2.45) is 10.2 Å². The number of fused-ring (bicyclic) bond motifs is 4. The van der Waals surface area contributed by atoms with Gasteiger partial charge in [-0.15, -0.1) is 10.2 Å². The van der Waals surface area contributed by atoms with Crippen LogP contribution in [0.4, 0.5) is 28.7 Å². The molecule has 0 fully saturated rings. The molecule has 178 valence electrons. The number of hydrogen-bond donors (Lipinski definition) is 2. The Bertz CT molecular complexity index is 1620. The number of azo groups is 1. The molecule has 0 atom stereocenters. The summed E-state index contributed by atoms with van der Waals surface area (Å²) in [5.74, 6) is 0.395. The van der Waals surface area contributed by atoms with Crippen molar-refractivity contribution in [1.82, 2.24) is 15.0 Å². The molecule has 1 aromatic heterocycles. The van der Waals surface area contributed by atoms with Crippen LogP contribution >= 0.6 is 23.2 Å². The molecule has 5 rings (SSSR count). The number of rotatable bonds is 3. The van der Waals surface area contributed by atoms with Gasteiger partial charge in [-0.25, -0.2) is 8.42 Å². The fraction of sp³-hybridized carbons (Fsp3) is 0.0500. The minimum absolute atomic E-state index is 0. The zero-order valence-electron chi connectivity index (χ0n) is 18.3. The molecule has 0 saturated carbocycles. The Morgan fingerprint density at radius 2 is 1.69 bits per heavy atom. The van der Waals surface area contributed by atoms with E-state index >= 15 is 0 Å². The molecule has 16 heteroatoms. The summed E-state index contributed by atoms with van der Waals surface area (Å²) < 4.78 is 48.0. The Morgan fingerprint density at radius 1 is 0.972 bits per heavy atom. The van der Waals surface area contributed by atoms with Crippen molar-refractivity contribution < 1.29 is 52.0 Å². The SMILES string of the molecule is Nc1ccc2c(c1)N=Nc1cc(S(=O)(=O)[O-])c3cccc(Nc4nc(Cl)nc(Cl)n4)c3c1OCO2.[Na+]. The summed E-state index contributed by atoms with van der Waals surface area (Å²) in [5, 5.41) is 11.1. The topological polar surface area (TPSA) is 177 Å². The summed E-state index contributed by atoms with van der Waals surface area (Å²) in [4.78, 5) is 11.1. The van der Waals surface area contributed by atoms with Crippen LogP contribution in [0.1, 0.15) is 0 Å². The summed E-state index contributed by atoms with van der Waals surface area (Å²) in [7, 11) is -4.93. The minimum atomic E-state index is -4.93. The van der Waals surface area contributed by atoms with Gasteiger partial charge in [0.2, 0.25) is 23.3 Å². The molecule has 0 spiro atoms. The number of anilines is 3. The van der Waals surface area contributed by atoms with Crippen molar-refractivity contribution in [3.05, 3.63) is 53.0 Å². The Kier molecular flexibility index (Phi) is 7.52. The second-order valence-corrected chi connectivity index (χ2v) is 9.09. The molecule has 0 bridgehead atoms. The molecule has 3 N–H and O–H groups in total. The number of hydrogen-bond acceptors (Lipinski definition) is 12. The third-order valence-electron chi connectivity index (χ3n) is 4.82. The van der Waals surface area contributed by atoms with E-state index in [-0.39, 0.29) is 86.4 Å². The standard InChI is InChI=1S/C20H13Cl2N7O5S.Na/c21-18-25-19(22)27-20(26-18)24-11-3-1-2-10-15(35(30,31)32)7-13-17(16(10)11)34-8-33-14-5-4-9(23)6-12(14)28-29-13;/h1-7H,8,23H2,(H,30,31,32)(H,24,25,26,27);/q;+1/p-1. The van der Waals surface area contributed by atoms with Gasteiger partial charge in [0.05, 0.1) is 16.0 Å². The molecule has 12 nitrogen and oxygen atoms in total. The van der Waals surface area contributed by atoms with Gasteiger partial charge in [-0.3, -0.25) is 0 Å². The molecule has 36 heavy (non-hydrogen) atoms. The smallest absolute Gasteiger partial charge is 0.744 e. The first kappa shape index (κ1) is 26.3. The van der Waals surface area contributed by atoms with Crippen molar-refractivity contribution in [2.45, 2.75) is 4.90 Å². The molecule has 1 aliphatic heterocycles. The monoisotopic (exact) mass is 555 g/mol. The number of benzene rings is 3. The number of nitrogens with zero attached hydrogens (tertiary/aromatic N) is 5. The van der Waals surface area contributed by atoms with Gasteiger partial charge in [-0.1, -0.05) is 12.1 Å². The fourth-order valence-electron chi connectivity index (χ4n) is 3.43. The van der Waals surface area contributed by atoms with Crippen LogP contribution in [0.3, 0.4) is 0 Å². The van der Waals surface area contributed by atoms with Crippen molar-refractivity contribution in [2.75, 3.05) is 17.8 Å². The molecule has 0 unspecified atom stereocenters. The predicted octanol–water partition coefficient (Wildman–Crippen LogP) is 1.71. The van der Waals surface area contributed by atoms with Crippen LogP contribution in [-0.2, 0) is 10.1 Å². The molecule has 0 saturated heterocycles. The molecule has 4 aromatic rings. The van der Waals surface area contributed by atoms with Gasteiger partial charge in [0.15, 0.2) is 11.5 Å². The van der Waals surface area contributed by atoms with Crippen LogP contribution in [0.5, 0.6) is 11.5 Å². The third kappa shape index (κ3) is 5.32. The van der Waals surface area contributed by atoms with Gasteiger partial charge in [-0.05, 0) is 53.5 Å². The fourth-order valence-corrected chi connectivity index (χ4v) is 4.48. The zero-order chi connectivity index (χ0) is 24.7. The maximum absolute atomic E-state index is 12.2. The predicted molar refractivity (Wildman–Crippen MR) is 126 cm³/mol. The third-order valence-corrected chi connectivity index (χ3v) is 6.03. The number of halogens is 2. The van der Waals surface area contributed by atoms with E-state index in [0.717, 1.165) is 6.07 Å². The minimum Gasteiger partial charge on any atom is -0.744 e. The van der Waals surface area contributed by atoms with E-state index in [2.05, 4.69) is 30.5 Å². The van der Waals surface area contributed by atoms with Gasteiger partial charge in [0.1, 0.15) is 21.5 Å². The van der Waals surface area contributed by atoms with Crippen LogP contribution in [0.2, 0.25) is 10.6 Å². The number of nitrogens with one attached hydrogen (secondary N) is 1. The van der Waals surface area contributed by atoms with Crippen LogP contribution in [0.15, 0.2) is 57.6 Å². The first-order valence-corrected chi connectivity index (χ1v) is 11.8. The summed E-state index contributed by atoms with van der Waals surface area (Å²) in [6, 6.07) is 10.4. The molecule has 0 radical (unpaired) electrons. The zero-order valence-corrected chi connectivity index (χ0v) is 22.6. The van der Waals surface area contributed by atoms with Gasteiger partial charge >= 0.3 is 29.6 Å². The molecule has 2 heterocycles. The van der Waals surface area contributed by atoms with Crippen LogP contribution in [0.25, 0.3) is 10.8 Å². The van der Waals surface area contributed by atoms with E-state index in [1.807, 2.05) is 0 Å². The molecule has 0 amide bonds. The van der Waals surface area contributed by atoms with Gasteiger partial charge in [0.25, 0.3) is 0 Å². The Labute approximate surface area is 235 Å². The van der Waals surface area contributed by atoms with E-state index < -0.39 is 15.0 Å². The Hall–Kier alpha value is -2.78.